The highest BCUT2D eigenvalue weighted by Gasteiger charge is 2.11. The number of rotatable bonds is 4. The van der Waals surface area contributed by atoms with Crippen LogP contribution in [0.5, 0.6) is 5.75 Å². The van der Waals surface area contributed by atoms with Crippen molar-refractivity contribution in [2.45, 2.75) is 6.42 Å². The molecule has 0 bridgehead atoms. The molecule has 3 rings (SSSR count). The second kappa shape index (κ2) is 6.66. The molecule has 1 heterocycles. The van der Waals surface area contributed by atoms with Crippen LogP contribution in [-0.2, 0) is 11.2 Å². The topological polar surface area (TPSA) is 39.2 Å². The van der Waals surface area contributed by atoms with Gasteiger partial charge in [0, 0.05) is 17.0 Å². The molecule has 23 heavy (non-hydrogen) atoms. The standard InChI is InChI=1S/C17H11F2NO2S/c18-12-4-1-3-11(7-12)17-20-14(10-23-17)9-16(21)22-15-6-2-5-13(19)8-15/h1-8,10H,9H2. The van der Waals surface area contributed by atoms with Gasteiger partial charge in [-0.25, -0.2) is 13.8 Å². The molecule has 0 aliphatic carbocycles. The summed E-state index contributed by atoms with van der Waals surface area (Å²) >= 11 is 1.32. The molecule has 0 aliphatic heterocycles. The van der Waals surface area contributed by atoms with Gasteiger partial charge in [0.15, 0.2) is 0 Å². The molecule has 0 N–H and O–H groups in total. The van der Waals surface area contributed by atoms with Crippen LogP contribution in [0.1, 0.15) is 5.69 Å². The number of hydrogen-bond donors (Lipinski definition) is 0. The number of ether oxygens (including phenoxy) is 1. The van der Waals surface area contributed by atoms with Crippen LogP contribution >= 0.6 is 11.3 Å². The van der Waals surface area contributed by atoms with Crippen molar-refractivity contribution >= 4 is 17.3 Å². The van der Waals surface area contributed by atoms with E-state index in [0.29, 0.717) is 16.3 Å². The lowest BCUT2D eigenvalue weighted by molar-refractivity contribution is -0.133. The Kier molecular flexibility index (Phi) is 4.43. The maximum absolute atomic E-state index is 13.2. The van der Waals surface area contributed by atoms with Crippen molar-refractivity contribution in [3.05, 3.63) is 71.2 Å². The largest absolute Gasteiger partial charge is 0.426 e. The Morgan fingerprint density at radius 1 is 1.09 bits per heavy atom. The van der Waals surface area contributed by atoms with Crippen LogP contribution in [-0.4, -0.2) is 11.0 Å². The first kappa shape index (κ1) is 15.3. The predicted octanol–water partition coefficient (Wildman–Crippen LogP) is 4.24. The number of nitrogens with zero attached hydrogens (tertiary/aromatic N) is 1. The smallest absolute Gasteiger partial charge is 0.317 e. The second-order valence-corrected chi connectivity index (χ2v) is 5.62. The number of carbonyl (C=O) groups excluding carboxylic acids is 1. The van der Waals surface area contributed by atoms with Gasteiger partial charge in [-0.15, -0.1) is 11.3 Å². The van der Waals surface area contributed by atoms with Gasteiger partial charge in [0.25, 0.3) is 0 Å². The van der Waals surface area contributed by atoms with E-state index in [2.05, 4.69) is 4.98 Å². The van der Waals surface area contributed by atoms with Gasteiger partial charge in [-0.3, -0.25) is 4.79 Å². The Balaban J connectivity index is 1.68. The number of esters is 1. The lowest BCUT2D eigenvalue weighted by atomic mass is 10.2. The van der Waals surface area contributed by atoms with Gasteiger partial charge in [0.05, 0.1) is 12.1 Å². The summed E-state index contributed by atoms with van der Waals surface area (Å²) in [7, 11) is 0. The van der Waals surface area contributed by atoms with E-state index in [9.17, 15) is 13.6 Å². The maximum atomic E-state index is 13.2. The first-order valence-corrected chi connectivity index (χ1v) is 7.65. The molecule has 0 fully saturated rings. The van der Waals surface area contributed by atoms with E-state index in [1.54, 1.807) is 17.5 Å². The van der Waals surface area contributed by atoms with Crippen LogP contribution in [0.25, 0.3) is 10.6 Å². The molecule has 0 atom stereocenters. The van der Waals surface area contributed by atoms with Crippen molar-refractivity contribution in [2.75, 3.05) is 0 Å². The molecule has 0 saturated heterocycles. The van der Waals surface area contributed by atoms with Crippen LogP contribution in [0.15, 0.2) is 53.9 Å². The molecule has 2 aromatic carbocycles. The molecular weight excluding hydrogens is 320 g/mol. The molecule has 3 aromatic rings. The fraction of sp³-hybridized carbons (Fsp3) is 0.0588. The summed E-state index contributed by atoms with van der Waals surface area (Å²) in [6.45, 7) is 0. The van der Waals surface area contributed by atoms with Gasteiger partial charge in [-0.05, 0) is 24.3 Å². The number of halogens is 2. The highest BCUT2D eigenvalue weighted by Crippen LogP contribution is 2.24. The monoisotopic (exact) mass is 331 g/mol. The SMILES string of the molecule is O=C(Cc1csc(-c2cccc(F)c2)n1)Oc1cccc(F)c1. The summed E-state index contributed by atoms with van der Waals surface area (Å²) in [6.07, 6.45) is -0.0394. The minimum Gasteiger partial charge on any atom is -0.426 e. The molecule has 0 spiro atoms. The van der Waals surface area contributed by atoms with Crippen molar-refractivity contribution in [3.8, 4) is 16.3 Å². The van der Waals surface area contributed by atoms with Gasteiger partial charge in [-0.2, -0.15) is 0 Å². The van der Waals surface area contributed by atoms with Gasteiger partial charge >= 0.3 is 5.97 Å². The lowest BCUT2D eigenvalue weighted by Gasteiger charge is -2.02. The molecule has 3 nitrogen and oxygen atoms in total. The minimum atomic E-state index is -0.535. The predicted molar refractivity (Wildman–Crippen MR) is 83.2 cm³/mol. The first-order valence-electron chi connectivity index (χ1n) is 6.77. The van der Waals surface area contributed by atoms with E-state index < -0.39 is 11.8 Å². The molecule has 6 heteroatoms. The van der Waals surface area contributed by atoms with Gasteiger partial charge in [0.2, 0.25) is 0 Å². The fourth-order valence-corrected chi connectivity index (χ4v) is 2.80. The van der Waals surface area contributed by atoms with Gasteiger partial charge in [0.1, 0.15) is 22.4 Å². The van der Waals surface area contributed by atoms with E-state index >= 15 is 0 Å². The average molecular weight is 331 g/mol. The highest BCUT2D eigenvalue weighted by atomic mass is 32.1. The van der Waals surface area contributed by atoms with Crippen molar-refractivity contribution in [1.29, 1.82) is 0 Å². The van der Waals surface area contributed by atoms with Crippen molar-refractivity contribution in [2.24, 2.45) is 0 Å². The summed E-state index contributed by atoms with van der Waals surface area (Å²) in [5, 5.41) is 2.34. The van der Waals surface area contributed by atoms with Crippen LogP contribution in [0.3, 0.4) is 0 Å². The molecule has 0 amide bonds. The van der Waals surface area contributed by atoms with E-state index in [1.807, 2.05) is 0 Å². The third kappa shape index (κ3) is 3.98. The number of benzene rings is 2. The third-order valence-electron chi connectivity index (χ3n) is 2.98. The Morgan fingerprint density at radius 3 is 2.57 bits per heavy atom. The van der Waals surface area contributed by atoms with Crippen molar-refractivity contribution in [3.63, 3.8) is 0 Å². The zero-order valence-corrected chi connectivity index (χ0v) is 12.6. The highest BCUT2D eigenvalue weighted by molar-refractivity contribution is 7.13. The molecular formula is C17H11F2NO2S. The Hall–Kier alpha value is -2.60. The third-order valence-corrected chi connectivity index (χ3v) is 3.92. The zero-order chi connectivity index (χ0) is 16.2. The van der Waals surface area contributed by atoms with E-state index in [4.69, 9.17) is 4.74 Å². The van der Waals surface area contributed by atoms with Gasteiger partial charge in [-0.1, -0.05) is 18.2 Å². The Morgan fingerprint density at radius 2 is 1.83 bits per heavy atom. The van der Waals surface area contributed by atoms with E-state index in [-0.39, 0.29) is 18.0 Å². The summed E-state index contributed by atoms with van der Waals surface area (Å²) < 4.78 is 31.3. The normalized spacial score (nSPS) is 10.5. The molecule has 116 valence electrons. The first-order chi connectivity index (χ1) is 11.1. The van der Waals surface area contributed by atoms with Crippen LogP contribution in [0, 0.1) is 11.6 Å². The molecule has 0 unspecified atom stereocenters. The molecule has 0 radical (unpaired) electrons. The number of hydrogen-bond acceptors (Lipinski definition) is 4. The van der Waals surface area contributed by atoms with E-state index in [0.717, 1.165) is 6.07 Å². The van der Waals surface area contributed by atoms with Gasteiger partial charge < -0.3 is 4.74 Å². The summed E-state index contributed by atoms with van der Waals surface area (Å²) in [5.74, 6) is -1.20. The minimum absolute atomic E-state index is 0.0394. The summed E-state index contributed by atoms with van der Waals surface area (Å²) in [5.41, 5.74) is 1.18. The van der Waals surface area contributed by atoms with Crippen LogP contribution in [0.4, 0.5) is 8.78 Å². The van der Waals surface area contributed by atoms with Crippen molar-refractivity contribution < 1.29 is 18.3 Å². The molecule has 1 aromatic heterocycles. The van der Waals surface area contributed by atoms with Crippen LogP contribution < -0.4 is 4.74 Å². The van der Waals surface area contributed by atoms with E-state index in [1.165, 1.54) is 41.7 Å². The number of carbonyl (C=O) groups is 1. The Bertz CT molecular complexity index is 848. The molecule has 0 saturated carbocycles. The lowest BCUT2D eigenvalue weighted by Crippen LogP contribution is -2.11. The number of thiazole rings is 1. The summed E-state index contributed by atoms with van der Waals surface area (Å²) in [4.78, 5) is 16.2. The maximum Gasteiger partial charge on any atom is 0.317 e. The molecule has 0 aliphatic rings. The summed E-state index contributed by atoms with van der Waals surface area (Å²) in [6, 6.07) is 11.5. The number of aromatic nitrogens is 1. The second-order valence-electron chi connectivity index (χ2n) is 4.76. The Labute approximate surface area is 135 Å². The average Bonchev–Trinajstić information content (AvgIpc) is 2.95. The van der Waals surface area contributed by atoms with Crippen LogP contribution in [0.2, 0.25) is 0 Å². The van der Waals surface area contributed by atoms with Crippen molar-refractivity contribution in [1.82, 2.24) is 4.98 Å². The zero-order valence-electron chi connectivity index (χ0n) is 11.8. The quantitative estimate of drug-likeness (QED) is 0.530. The fourth-order valence-electron chi connectivity index (χ4n) is 1.99.